The van der Waals surface area contributed by atoms with E-state index in [0.29, 0.717) is 5.69 Å². The molecule has 0 saturated carbocycles. The standard InChI is InChI=1S/C20H27N3O3S2/c1-5-23(6-2)17-9-7-16(8-10-17)14-21-28(25,26)18-11-12-20(27-4)19(13-18)22-15(3)24/h7-13,21H,5-6,14H2,1-4H3,(H,22,24). The molecule has 0 atom stereocenters. The Hall–Kier alpha value is -2.03. The molecule has 0 radical (unpaired) electrons. The molecule has 0 bridgehead atoms. The Morgan fingerprint density at radius 1 is 1.07 bits per heavy atom. The van der Waals surface area contributed by atoms with E-state index in [1.807, 2.05) is 30.5 Å². The Bertz CT molecular complexity index is 909. The van der Waals surface area contributed by atoms with E-state index in [1.165, 1.54) is 24.8 Å². The van der Waals surface area contributed by atoms with Gasteiger partial charge in [0, 0.05) is 37.1 Å². The first-order valence-corrected chi connectivity index (χ1v) is 11.8. The van der Waals surface area contributed by atoms with Gasteiger partial charge in [0.15, 0.2) is 0 Å². The molecule has 0 aromatic heterocycles. The topological polar surface area (TPSA) is 78.5 Å². The number of carbonyl (C=O) groups excluding carboxylic acids is 1. The predicted molar refractivity (Wildman–Crippen MR) is 117 cm³/mol. The summed E-state index contributed by atoms with van der Waals surface area (Å²) < 4.78 is 28.0. The van der Waals surface area contributed by atoms with Crippen LogP contribution >= 0.6 is 11.8 Å². The molecule has 2 aromatic rings. The van der Waals surface area contributed by atoms with Crippen molar-refractivity contribution in [1.82, 2.24) is 4.72 Å². The van der Waals surface area contributed by atoms with Crippen LogP contribution in [-0.4, -0.2) is 33.7 Å². The van der Waals surface area contributed by atoms with Crippen molar-refractivity contribution in [1.29, 1.82) is 0 Å². The normalized spacial score (nSPS) is 11.3. The molecule has 2 aromatic carbocycles. The number of hydrogen-bond donors (Lipinski definition) is 2. The molecule has 0 saturated heterocycles. The van der Waals surface area contributed by atoms with Gasteiger partial charge < -0.3 is 10.2 Å². The molecule has 0 unspecified atom stereocenters. The zero-order valence-electron chi connectivity index (χ0n) is 16.7. The summed E-state index contributed by atoms with van der Waals surface area (Å²) in [5.74, 6) is -0.244. The molecule has 6 nitrogen and oxygen atoms in total. The third-order valence-corrected chi connectivity index (χ3v) is 6.52. The smallest absolute Gasteiger partial charge is 0.240 e. The lowest BCUT2D eigenvalue weighted by molar-refractivity contribution is -0.114. The summed E-state index contributed by atoms with van der Waals surface area (Å²) in [5.41, 5.74) is 2.48. The average molecular weight is 422 g/mol. The fraction of sp³-hybridized carbons (Fsp3) is 0.350. The number of hydrogen-bond acceptors (Lipinski definition) is 5. The van der Waals surface area contributed by atoms with Crippen molar-refractivity contribution >= 4 is 39.1 Å². The van der Waals surface area contributed by atoms with Crippen LogP contribution in [0.1, 0.15) is 26.3 Å². The van der Waals surface area contributed by atoms with Gasteiger partial charge in [-0.3, -0.25) is 4.79 Å². The van der Waals surface area contributed by atoms with E-state index < -0.39 is 10.0 Å². The summed E-state index contributed by atoms with van der Waals surface area (Å²) in [6, 6.07) is 12.6. The molecule has 2 rings (SSSR count). The van der Waals surface area contributed by atoms with Gasteiger partial charge in [0.05, 0.1) is 10.6 Å². The first kappa shape index (κ1) is 22.3. The summed E-state index contributed by atoms with van der Waals surface area (Å²) in [4.78, 5) is 14.5. The Morgan fingerprint density at radius 3 is 2.25 bits per heavy atom. The molecule has 0 heterocycles. The summed E-state index contributed by atoms with van der Waals surface area (Å²) in [7, 11) is -3.70. The Labute approximate surface area is 171 Å². The van der Waals surface area contributed by atoms with Crippen LogP contribution in [0.3, 0.4) is 0 Å². The number of benzene rings is 2. The third kappa shape index (κ3) is 5.73. The van der Waals surface area contributed by atoms with Crippen LogP contribution in [0.5, 0.6) is 0 Å². The van der Waals surface area contributed by atoms with Gasteiger partial charge in [0.25, 0.3) is 0 Å². The van der Waals surface area contributed by atoms with Crippen molar-refractivity contribution in [2.24, 2.45) is 0 Å². The molecular weight excluding hydrogens is 394 g/mol. The third-order valence-electron chi connectivity index (χ3n) is 4.32. The van der Waals surface area contributed by atoms with E-state index in [2.05, 4.69) is 28.8 Å². The maximum Gasteiger partial charge on any atom is 0.240 e. The number of nitrogens with one attached hydrogen (secondary N) is 2. The van der Waals surface area contributed by atoms with Crippen molar-refractivity contribution in [3.63, 3.8) is 0 Å². The number of rotatable bonds is 9. The highest BCUT2D eigenvalue weighted by molar-refractivity contribution is 7.98. The van der Waals surface area contributed by atoms with E-state index in [9.17, 15) is 13.2 Å². The average Bonchev–Trinajstić information content (AvgIpc) is 2.68. The van der Waals surface area contributed by atoms with Crippen molar-refractivity contribution in [2.75, 3.05) is 29.6 Å². The lowest BCUT2D eigenvalue weighted by Gasteiger charge is -2.21. The Kier molecular flexibility index (Phi) is 7.91. The molecule has 2 N–H and O–H groups in total. The van der Waals surface area contributed by atoms with Crippen molar-refractivity contribution in [3.05, 3.63) is 48.0 Å². The van der Waals surface area contributed by atoms with Gasteiger partial charge in [-0.2, -0.15) is 0 Å². The van der Waals surface area contributed by atoms with Gasteiger partial charge in [0.1, 0.15) is 0 Å². The number of amides is 1. The van der Waals surface area contributed by atoms with Crippen LogP contribution < -0.4 is 14.9 Å². The number of carbonyl (C=O) groups is 1. The van der Waals surface area contributed by atoms with Gasteiger partial charge >= 0.3 is 0 Å². The lowest BCUT2D eigenvalue weighted by atomic mass is 10.2. The zero-order chi connectivity index (χ0) is 20.7. The molecule has 0 aliphatic carbocycles. The molecule has 152 valence electrons. The fourth-order valence-corrected chi connectivity index (χ4v) is 4.39. The number of anilines is 2. The first-order chi connectivity index (χ1) is 13.3. The van der Waals surface area contributed by atoms with Gasteiger partial charge in [-0.05, 0) is 56.0 Å². The second-order valence-electron chi connectivity index (χ2n) is 6.21. The Balaban J connectivity index is 2.14. The molecule has 0 spiro atoms. The molecule has 8 heteroatoms. The van der Waals surface area contributed by atoms with Gasteiger partial charge in [0.2, 0.25) is 15.9 Å². The molecule has 1 amide bonds. The van der Waals surface area contributed by atoms with Crippen LogP contribution in [0.4, 0.5) is 11.4 Å². The van der Waals surface area contributed by atoms with Crippen LogP contribution in [0.25, 0.3) is 0 Å². The molecule has 0 aliphatic rings. The van der Waals surface area contributed by atoms with E-state index in [0.717, 1.165) is 29.2 Å². The van der Waals surface area contributed by atoms with Gasteiger partial charge in [-0.1, -0.05) is 12.1 Å². The summed E-state index contributed by atoms with van der Waals surface area (Å²) in [6.45, 7) is 7.63. The van der Waals surface area contributed by atoms with Crippen molar-refractivity contribution in [2.45, 2.75) is 37.1 Å². The molecule has 0 aliphatic heterocycles. The van der Waals surface area contributed by atoms with Crippen LogP contribution in [0, 0.1) is 0 Å². The van der Waals surface area contributed by atoms with E-state index in [-0.39, 0.29) is 17.3 Å². The van der Waals surface area contributed by atoms with Gasteiger partial charge in [-0.15, -0.1) is 11.8 Å². The second kappa shape index (κ2) is 9.95. The van der Waals surface area contributed by atoms with Crippen molar-refractivity contribution in [3.8, 4) is 0 Å². The second-order valence-corrected chi connectivity index (χ2v) is 8.82. The zero-order valence-corrected chi connectivity index (χ0v) is 18.3. The fourth-order valence-electron chi connectivity index (χ4n) is 2.82. The molecule has 0 fully saturated rings. The number of nitrogens with zero attached hydrogens (tertiary/aromatic N) is 1. The molecular formula is C20H27N3O3S2. The SMILES string of the molecule is CCN(CC)c1ccc(CNS(=O)(=O)c2ccc(SC)c(NC(C)=O)c2)cc1. The lowest BCUT2D eigenvalue weighted by Crippen LogP contribution is -2.24. The first-order valence-electron chi connectivity index (χ1n) is 9.09. The van der Waals surface area contributed by atoms with Gasteiger partial charge in [-0.25, -0.2) is 13.1 Å². The minimum absolute atomic E-state index is 0.119. The molecule has 28 heavy (non-hydrogen) atoms. The van der Waals surface area contributed by atoms with Crippen LogP contribution in [-0.2, 0) is 21.4 Å². The summed E-state index contributed by atoms with van der Waals surface area (Å²) in [5, 5.41) is 2.68. The van der Waals surface area contributed by atoms with Crippen LogP contribution in [0.15, 0.2) is 52.3 Å². The number of thioether (sulfide) groups is 1. The predicted octanol–water partition coefficient (Wildman–Crippen LogP) is 3.69. The van der Waals surface area contributed by atoms with E-state index in [1.54, 1.807) is 12.1 Å². The maximum atomic E-state index is 12.7. The van der Waals surface area contributed by atoms with Crippen LogP contribution in [0.2, 0.25) is 0 Å². The van der Waals surface area contributed by atoms with E-state index in [4.69, 9.17) is 0 Å². The summed E-state index contributed by atoms with van der Waals surface area (Å²) in [6.07, 6.45) is 1.87. The largest absolute Gasteiger partial charge is 0.372 e. The quantitative estimate of drug-likeness (QED) is 0.604. The highest BCUT2D eigenvalue weighted by Gasteiger charge is 2.16. The Morgan fingerprint density at radius 2 is 1.71 bits per heavy atom. The number of sulfonamides is 1. The highest BCUT2D eigenvalue weighted by atomic mass is 32.2. The minimum atomic E-state index is -3.70. The minimum Gasteiger partial charge on any atom is -0.372 e. The maximum absolute atomic E-state index is 12.7. The summed E-state index contributed by atoms with van der Waals surface area (Å²) >= 11 is 1.44. The van der Waals surface area contributed by atoms with E-state index >= 15 is 0 Å². The highest BCUT2D eigenvalue weighted by Crippen LogP contribution is 2.28. The monoisotopic (exact) mass is 421 g/mol. The van der Waals surface area contributed by atoms with Crippen molar-refractivity contribution < 1.29 is 13.2 Å².